The third-order valence-corrected chi connectivity index (χ3v) is 2.24. The summed E-state index contributed by atoms with van der Waals surface area (Å²) in [6, 6.07) is 0. The van der Waals surface area contributed by atoms with E-state index in [0.29, 0.717) is 0 Å². The van der Waals surface area contributed by atoms with Crippen LogP contribution in [-0.4, -0.2) is 36.5 Å². The van der Waals surface area contributed by atoms with E-state index in [-0.39, 0.29) is 17.0 Å². The maximum atomic E-state index is 10.3. The lowest BCUT2D eigenvalue weighted by molar-refractivity contribution is -0.389. The van der Waals surface area contributed by atoms with Gasteiger partial charge >= 0.3 is 5.82 Å². The van der Waals surface area contributed by atoms with Crippen LogP contribution in [-0.2, 0) is 0 Å². The number of nitrogens with one attached hydrogen (secondary N) is 1. The number of hydrogen-bond acceptors (Lipinski definition) is 5. The minimum Gasteiger partial charge on any atom is -0.389 e. The minimum absolute atomic E-state index is 0.0244. The molecular weight excluding hydrogens is 258 g/mol. The van der Waals surface area contributed by atoms with Gasteiger partial charge in [-0.15, -0.1) is 0 Å². The number of imidazole rings is 1. The second-order valence-electron chi connectivity index (χ2n) is 2.58. The Bertz CT molecular complexity index is 329. The van der Waals surface area contributed by atoms with Crippen molar-refractivity contribution < 1.29 is 15.1 Å². The standard InChI is InChI=1S/C6H8BrN3O4/c7-1-3(11)5(12)6-8-2-4(9-6)10(13)14/h2-3,5,11-12H,1H2,(H,8,9). The second-order valence-corrected chi connectivity index (χ2v) is 3.22. The number of hydrogen-bond donors (Lipinski definition) is 3. The van der Waals surface area contributed by atoms with E-state index in [9.17, 15) is 20.3 Å². The van der Waals surface area contributed by atoms with E-state index in [1.165, 1.54) is 0 Å². The zero-order valence-corrected chi connectivity index (χ0v) is 8.51. The summed E-state index contributed by atoms with van der Waals surface area (Å²) in [5.74, 6) is -0.343. The number of halogens is 1. The molecule has 1 aromatic rings. The van der Waals surface area contributed by atoms with E-state index >= 15 is 0 Å². The third-order valence-electron chi connectivity index (χ3n) is 1.58. The quantitative estimate of drug-likeness (QED) is 0.406. The van der Waals surface area contributed by atoms with Gasteiger partial charge < -0.3 is 20.3 Å². The number of aliphatic hydroxyl groups is 2. The highest BCUT2D eigenvalue weighted by atomic mass is 79.9. The summed E-state index contributed by atoms with van der Waals surface area (Å²) in [6.45, 7) is 0. The van der Waals surface area contributed by atoms with Gasteiger partial charge in [0.15, 0.2) is 6.10 Å². The van der Waals surface area contributed by atoms with Gasteiger partial charge in [0, 0.05) is 5.33 Å². The fraction of sp³-hybridized carbons (Fsp3) is 0.500. The Kier molecular flexibility index (Phi) is 3.55. The molecule has 0 aliphatic rings. The molecule has 0 spiro atoms. The Morgan fingerprint density at radius 3 is 2.79 bits per heavy atom. The van der Waals surface area contributed by atoms with Crippen molar-refractivity contribution in [3.05, 3.63) is 22.1 Å². The minimum atomic E-state index is -1.26. The molecule has 0 saturated heterocycles. The van der Waals surface area contributed by atoms with Crippen LogP contribution in [0.3, 0.4) is 0 Å². The van der Waals surface area contributed by atoms with E-state index in [0.717, 1.165) is 6.20 Å². The average molecular weight is 266 g/mol. The van der Waals surface area contributed by atoms with Crippen molar-refractivity contribution in [3.8, 4) is 0 Å². The highest BCUT2D eigenvalue weighted by Gasteiger charge is 2.24. The van der Waals surface area contributed by atoms with E-state index in [4.69, 9.17) is 0 Å². The first-order chi connectivity index (χ1) is 6.56. The van der Waals surface area contributed by atoms with Gasteiger partial charge in [0.1, 0.15) is 6.20 Å². The molecule has 0 fully saturated rings. The maximum absolute atomic E-state index is 10.3. The van der Waals surface area contributed by atoms with Crippen molar-refractivity contribution >= 4 is 21.7 Å². The third kappa shape index (κ3) is 2.28. The molecule has 2 atom stereocenters. The summed E-state index contributed by atoms with van der Waals surface area (Å²) in [4.78, 5) is 15.5. The maximum Gasteiger partial charge on any atom is 0.340 e. The van der Waals surface area contributed by atoms with Crippen molar-refractivity contribution in [3.63, 3.8) is 0 Å². The molecule has 7 nitrogen and oxygen atoms in total. The van der Waals surface area contributed by atoms with Crippen molar-refractivity contribution in [1.29, 1.82) is 0 Å². The van der Waals surface area contributed by atoms with Crippen LogP contribution in [0.25, 0.3) is 0 Å². The lowest BCUT2D eigenvalue weighted by Gasteiger charge is -2.09. The van der Waals surface area contributed by atoms with Gasteiger partial charge in [-0.3, -0.25) is 0 Å². The Morgan fingerprint density at radius 2 is 2.36 bits per heavy atom. The summed E-state index contributed by atoms with van der Waals surface area (Å²) in [6.07, 6.45) is -1.33. The normalized spacial score (nSPS) is 15.1. The van der Waals surface area contributed by atoms with Gasteiger partial charge in [-0.25, -0.2) is 9.97 Å². The first kappa shape index (κ1) is 11.1. The molecule has 2 unspecified atom stereocenters. The zero-order valence-electron chi connectivity index (χ0n) is 6.92. The molecule has 1 heterocycles. The lowest BCUT2D eigenvalue weighted by Crippen LogP contribution is -2.20. The number of aliphatic hydroxyl groups excluding tert-OH is 2. The van der Waals surface area contributed by atoms with Gasteiger partial charge in [0.05, 0.1) is 6.10 Å². The Balaban J connectivity index is 2.81. The average Bonchev–Trinajstić information content (AvgIpc) is 2.64. The van der Waals surface area contributed by atoms with Crippen molar-refractivity contribution in [1.82, 2.24) is 9.97 Å². The smallest absolute Gasteiger partial charge is 0.340 e. The first-order valence-corrected chi connectivity index (χ1v) is 4.79. The molecule has 0 aliphatic carbocycles. The summed E-state index contributed by atoms with van der Waals surface area (Å²) in [5, 5.41) is 29.0. The molecule has 0 radical (unpaired) electrons. The van der Waals surface area contributed by atoms with Crippen LogP contribution in [0.5, 0.6) is 0 Å². The number of nitro groups is 1. The molecule has 0 aliphatic heterocycles. The highest BCUT2D eigenvalue weighted by Crippen LogP contribution is 2.17. The fourth-order valence-electron chi connectivity index (χ4n) is 0.836. The summed E-state index contributed by atoms with van der Waals surface area (Å²) >= 11 is 2.96. The van der Waals surface area contributed by atoms with Gasteiger partial charge in [0.2, 0.25) is 5.82 Å². The van der Waals surface area contributed by atoms with Crippen molar-refractivity contribution in [2.75, 3.05) is 5.33 Å². The Hall–Kier alpha value is -0.990. The SMILES string of the molecule is O=[N+]([O-])c1cnc(C(O)C(O)CBr)[nH]1. The monoisotopic (exact) mass is 265 g/mol. The van der Waals surface area contributed by atoms with Crippen LogP contribution >= 0.6 is 15.9 Å². The zero-order chi connectivity index (χ0) is 10.7. The molecule has 14 heavy (non-hydrogen) atoms. The predicted molar refractivity (Wildman–Crippen MR) is 50.0 cm³/mol. The fourth-order valence-corrected chi connectivity index (χ4v) is 1.19. The van der Waals surface area contributed by atoms with E-state index in [2.05, 4.69) is 25.9 Å². The summed E-state index contributed by atoms with van der Waals surface area (Å²) in [5.41, 5.74) is 0. The van der Waals surface area contributed by atoms with E-state index in [1.807, 2.05) is 0 Å². The lowest BCUT2D eigenvalue weighted by atomic mass is 10.2. The number of alkyl halides is 1. The molecule has 0 bridgehead atoms. The predicted octanol–water partition coefficient (Wildman–Crippen LogP) is 0.107. The van der Waals surface area contributed by atoms with Crippen molar-refractivity contribution in [2.45, 2.75) is 12.2 Å². The van der Waals surface area contributed by atoms with Crippen LogP contribution in [0.1, 0.15) is 11.9 Å². The number of aromatic nitrogens is 2. The van der Waals surface area contributed by atoms with Crippen LogP contribution in [0.2, 0.25) is 0 Å². The molecule has 3 N–H and O–H groups in total. The summed E-state index contributed by atoms with van der Waals surface area (Å²) in [7, 11) is 0. The number of rotatable bonds is 4. The molecule has 0 amide bonds. The van der Waals surface area contributed by atoms with Gasteiger partial charge in [-0.05, 0) is 4.92 Å². The van der Waals surface area contributed by atoms with Crippen LogP contribution < -0.4 is 0 Å². The van der Waals surface area contributed by atoms with Gasteiger partial charge in [-0.2, -0.15) is 0 Å². The van der Waals surface area contributed by atoms with Crippen LogP contribution in [0.4, 0.5) is 5.82 Å². The molecule has 1 aromatic heterocycles. The van der Waals surface area contributed by atoms with Gasteiger partial charge in [0.25, 0.3) is 0 Å². The molecule has 8 heteroatoms. The molecule has 0 saturated carbocycles. The number of aromatic amines is 1. The summed E-state index contributed by atoms with van der Waals surface area (Å²) < 4.78 is 0. The Morgan fingerprint density at radius 1 is 1.71 bits per heavy atom. The second kappa shape index (κ2) is 4.49. The van der Waals surface area contributed by atoms with Crippen molar-refractivity contribution in [2.24, 2.45) is 0 Å². The Labute approximate surface area is 87.1 Å². The molecular formula is C6H8BrN3O4. The largest absolute Gasteiger partial charge is 0.389 e. The molecule has 1 rings (SSSR count). The van der Waals surface area contributed by atoms with E-state index in [1.54, 1.807) is 0 Å². The first-order valence-electron chi connectivity index (χ1n) is 3.67. The van der Waals surface area contributed by atoms with Crippen LogP contribution in [0.15, 0.2) is 6.20 Å². The number of H-pyrrole nitrogens is 1. The number of nitrogens with zero attached hydrogens (tertiary/aromatic N) is 2. The molecule has 78 valence electrons. The highest BCUT2D eigenvalue weighted by molar-refractivity contribution is 9.09. The van der Waals surface area contributed by atoms with Crippen LogP contribution in [0, 0.1) is 10.1 Å². The molecule has 0 aromatic carbocycles. The topological polar surface area (TPSA) is 112 Å². The van der Waals surface area contributed by atoms with Gasteiger partial charge in [-0.1, -0.05) is 15.9 Å². The van der Waals surface area contributed by atoms with E-state index < -0.39 is 17.1 Å².